The Balaban J connectivity index is 1.98. The molecule has 0 aromatic heterocycles. The van der Waals surface area contributed by atoms with Crippen LogP contribution in [0.2, 0.25) is 0 Å². The maximum Gasteiger partial charge on any atom is 0.419 e. The van der Waals surface area contributed by atoms with Crippen LogP contribution in [0.25, 0.3) is 33.4 Å². The molecule has 0 radical (unpaired) electrons. The van der Waals surface area contributed by atoms with Gasteiger partial charge >= 0.3 is 18.5 Å². The predicted octanol–water partition coefficient (Wildman–Crippen LogP) is 9.83. The van der Waals surface area contributed by atoms with Crippen molar-refractivity contribution in [3.05, 3.63) is 115 Å². The van der Waals surface area contributed by atoms with E-state index in [4.69, 9.17) is 0 Å². The molecule has 0 heterocycles. The van der Waals surface area contributed by atoms with Crippen LogP contribution in [-0.4, -0.2) is 0 Å². The Morgan fingerprint density at radius 1 is 0.472 bits per heavy atom. The zero-order valence-electron chi connectivity index (χ0n) is 25.8. The third kappa shape index (κ3) is 5.81. The molecule has 2 aliphatic rings. The lowest BCUT2D eigenvalue weighted by molar-refractivity contribution is -0.147. The van der Waals surface area contributed by atoms with Crippen LogP contribution in [0.1, 0.15) is 55.6 Å². The van der Waals surface area contributed by atoms with Gasteiger partial charge in [0.2, 0.25) is 0 Å². The standard InChI is InChI=1S/C36H9F11N6/c1-14-2-15(3-25(32(14)37)34(39,40)41)28-23(12-52)19-6-20-22(7-21(19)30(28)17(8-48)9-49)31(18(10-50)11-51)29(24(20)13-53)16-4-26(35(42,43)44)33(38)27(5-16)36(45,46)47/h2-7H,1H3. The Hall–Kier alpha value is -7.21. The fourth-order valence-electron chi connectivity index (χ4n) is 6.12. The largest absolute Gasteiger partial charge is 0.419 e. The number of hydrogen-bond acceptors (Lipinski definition) is 6. The molecule has 2 aliphatic carbocycles. The van der Waals surface area contributed by atoms with Crippen LogP contribution < -0.4 is 0 Å². The Bertz CT molecular complexity index is 2540. The highest BCUT2D eigenvalue weighted by molar-refractivity contribution is 6.30. The monoisotopic (exact) mass is 734 g/mol. The maximum absolute atomic E-state index is 14.7. The molecule has 53 heavy (non-hydrogen) atoms. The van der Waals surface area contributed by atoms with E-state index in [1.807, 2.05) is 0 Å². The molecule has 260 valence electrons. The van der Waals surface area contributed by atoms with Gasteiger partial charge in [-0.15, -0.1) is 0 Å². The highest BCUT2D eigenvalue weighted by atomic mass is 19.4. The minimum Gasteiger partial charge on any atom is -0.206 e. The predicted molar refractivity (Wildman–Crippen MR) is 160 cm³/mol. The summed E-state index contributed by atoms with van der Waals surface area (Å²) >= 11 is 0. The molecule has 0 aliphatic heterocycles. The molecule has 0 fully saturated rings. The quantitative estimate of drug-likeness (QED) is 0.189. The number of aryl methyl sites for hydroxylation is 1. The number of nitrogens with zero attached hydrogens (tertiary/aromatic N) is 6. The van der Waals surface area contributed by atoms with E-state index in [9.17, 15) is 79.9 Å². The highest BCUT2D eigenvalue weighted by Crippen LogP contribution is 2.55. The van der Waals surface area contributed by atoms with Gasteiger partial charge in [0, 0.05) is 33.4 Å². The first-order valence-electron chi connectivity index (χ1n) is 14.1. The molecule has 5 rings (SSSR count). The summed E-state index contributed by atoms with van der Waals surface area (Å²) in [6.45, 7) is 0.966. The number of rotatable bonds is 2. The zero-order valence-corrected chi connectivity index (χ0v) is 25.8. The van der Waals surface area contributed by atoms with Gasteiger partial charge in [-0.3, -0.25) is 0 Å². The van der Waals surface area contributed by atoms with Crippen molar-refractivity contribution in [1.82, 2.24) is 0 Å². The summed E-state index contributed by atoms with van der Waals surface area (Å²) in [4.78, 5) is 0. The molecule has 0 bridgehead atoms. The summed E-state index contributed by atoms with van der Waals surface area (Å²) in [7, 11) is 0. The summed E-state index contributed by atoms with van der Waals surface area (Å²) in [6, 6.07) is 12.2. The van der Waals surface area contributed by atoms with Gasteiger partial charge in [0.15, 0.2) is 0 Å². The van der Waals surface area contributed by atoms with E-state index in [-0.39, 0.29) is 23.3 Å². The molecule has 6 nitrogen and oxygen atoms in total. The number of halogens is 11. The molecular weight excluding hydrogens is 725 g/mol. The number of fused-ring (bicyclic) bond motifs is 2. The molecule has 3 aromatic rings. The van der Waals surface area contributed by atoms with Crippen molar-refractivity contribution in [3.8, 4) is 36.4 Å². The van der Waals surface area contributed by atoms with E-state index in [1.165, 1.54) is 24.3 Å². The Morgan fingerprint density at radius 2 is 0.792 bits per heavy atom. The van der Waals surface area contributed by atoms with Crippen LogP contribution in [0.4, 0.5) is 48.3 Å². The molecule has 0 saturated carbocycles. The first-order valence-corrected chi connectivity index (χ1v) is 14.1. The lowest BCUT2D eigenvalue weighted by Crippen LogP contribution is -2.16. The van der Waals surface area contributed by atoms with E-state index in [1.54, 1.807) is 12.1 Å². The normalized spacial score (nSPS) is 13.7. The second-order valence-electron chi connectivity index (χ2n) is 11.1. The lowest BCUT2D eigenvalue weighted by atomic mass is 9.88. The van der Waals surface area contributed by atoms with Crippen LogP contribution >= 0.6 is 0 Å². The molecule has 0 saturated heterocycles. The number of hydrogen-bond donors (Lipinski definition) is 0. The minimum absolute atomic E-state index is 0.0637. The fourth-order valence-corrected chi connectivity index (χ4v) is 6.12. The first-order chi connectivity index (χ1) is 24.7. The van der Waals surface area contributed by atoms with Gasteiger partial charge in [-0.1, -0.05) is 0 Å². The number of alkyl halides is 9. The van der Waals surface area contributed by atoms with Crippen LogP contribution in [0.15, 0.2) is 47.5 Å². The second-order valence-corrected chi connectivity index (χ2v) is 11.1. The minimum atomic E-state index is -5.73. The molecule has 17 heteroatoms. The highest BCUT2D eigenvalue weighted by Gasteiger charge is 2.44. The van der Waals surface area contributed by atoms with Gasteiger partial charge in [-0.25, -0.2) is 8.78 Å². The van der Waals surface area contributed by atoms with Gasteiger partial charge in [0.1, 0.15) is 59.2 Å². The lowest BCUT2D eigenvalue weighted by Gasteiger charge is -2.17. The third-order valence-corrected chi connectivity index (χ3v) is 8.23. The maximum atomic E-state index is 14.7. The van der Waals surface area contributed by atoms with E-state index in [0.717, 1.165) is 25.1 Å². The van der Waals surface area contributed by atoms with Crippen LogP contribution in [-0.2, 0) is 18.5 Å². The van der Waals surface area contributed by atoms with E-state index < -0.39 is 119 Å². The smallest absolute Gasteiger partial charge is 0.206 e. The molecular formula is C36H9F11N6. The summed E-state index contributed by atoms with van der Waals surface area (Å²) < 4.78 is 154. The summed E-state index contributed by atoms with van der Waals surface area (Å²) in [6.07, 6.45) is -16.7. The SMILES string of the molecule is Cc1cc(C2=C(C#N)c3cc4c(cc3C2=C(C#N)C#N)C(=C(C#N)C#N)C(c2cc(C(F)(F)F)c(F)c(C(F)(F)F)c2)=C4C#N)cc(C(F)(F)F)c1F. The molecule has 0 amide bonds. The number of benzene rings is 3. The Morgan fingerprint density at radius 3 is 1.11 bits per heavy atom. The molecule has 0 spiro atoms. The van der Waals surface area contributed by atoms with E-state index in [0.29, 0.717) is 6.07 Å². The summed E-state index contributed by atoms with van der Waals surface area (Å²) in [5.41, 5.74) is -16.0. The van der Waals surface area contributed by atoms with Crippen molar-refractivity contribution in [2.24, 2.45) is 0 Å². The zero-order chi connectivity index (χ0) is 39.5. The Kier molecular flexibility index (Phi) is 8.76. The second kappa shape index (κ2) is 12.5. The van der Waals surface area contributed by atoms with Crippen molar-refractivity contribution in [3.63, 3.8) is 0 Å². The van der Waals surface area contributed by atoms with Gasteiger partial charge in [-0.2, -0.15) is 71.1 Å². The third-order valence-electron chi connectivity index (χ3n) is 8.23. The van der Waals surface area contributed by atoms with Gasteiger partial charge in [-0.05, 0) is 71.1 Å². The molecule has 0 atom stereocenters. The van der Waals surface area contributed by atoms with E-state index >= 15 is 0 Å². The van der Waals surface area contributed by atoms with Crippen molar-refractivity contribution in [1.29, 1.82) is 31.6 Å². The number of nitriles is 6. The van der Waals surface area contributed by atoms with E-state index in [2.05, 4.69) is 0 Å². The molecule has 0 N–H and O–H groups in total. The van der Waals surface area contributed by atoms with Crippen LogP contribution in [0, 0.1) is 86.5 Å². The first kappa shape index (κ1) is 37.1. The summed E-state index contributed by atoms with van der Waals surface area (Å²) in [5, 5.41) is 60.0. The average molecular weight is 734 g/mol. The topological polar surface area (TPSA) is 143 Å². The van der Waals surface area contributed by atoms with Gasteiger partial charge < -0.3 is 0 Å². The van der Waals surface area contributed by atoms with Crippen molar-refractivity contribution in [2.45, 2.75) is 25.5 Å². The molecule has 3 aromatic carbocycles. The summed E-state index contributed by atoms with van der Waals surface area (Å²) in [5.74, 6) is -4.37. The number of allylic oxidation sites excluding steroid dienone is 8. The van der Waals surface area contributed by atoms with Gasteiger partial charge in [0.05, 0.1) is 27.8 Å². The van der Waals surface area contributed by atoms with Crippen molar-refractivity contribution >= 4 is 33.4 Å². The Labute approximate surface area is 290 Å². The fraction of sp³-hybridized carbons (Fsp3) is 0.111. The van der Waals surface area contributed by atoms with Gasteiger partial charge in [0.25, 0.3) is 0 Å². The van der Waals surface area contributed by atoms with Crippen LogP contribution in [0.5, 0.6) is 0 Å². The van der Waals surface area contributed by atoms with Crippen molar-refractivity contribution < 1.29 is 48.3 Å². The van der Waals surface area contributed by atoms with Crippen LogP contribution in [0.3, 0.4) is 0 Å². The molecule has 0 unspecified atom stereocenters. The average Bonchev–Trinajstić information content (AvgIpc) is 3.56. The van der Waals surface area contributed by atoms with Crippen molar-refractivity contribution in [2.75, 3.05) is 0 Å².